The van der Waals surface area contributed by atoms with Gasteiger partial charge in [0.25, 0.3) is 0 Å². The Hall–Kier alpha value is -2.25. The van der Waals surface area contributed by atoms with Crippen LogP contribution < -0.4 is 5.32 Å². The summed E-state index contributed by atoms with van der Waals surface area (Å²) in [6, 6.07) is 4.80. The lowest BCUT2D eigenvalue weighted by atomic mass is 10.0. The molecular formula is C18H20FN5O. The van der Waals surface area contributed by atoms with Gasteiger partial charge in [-0.1, -0.05) is 0 Å². The van der Waals surface area contributed by atoms with Crippen LogP contribution in [0.4, 0.5) is 4.39 Å². The summed E-state index contributed by atoms with van der Waals surface area (Å²) >= 11 is 0. The minimum absolute atomic E-state index is 0.0854. The van der Waals surface area contributed by atoms with Gasteiger partial charge in [-0.3, -0.25) is 0 Å². The molecule has 0 saturated carbocycles. The average Bonchev–Trinajstić information content (AvgIpc) is 3.27. The van der Waals surface area contributed by atoms with E-state index < -0.39 is 0 Å². The van der Waals surface area contributed by atoms with Crippen LogP contribution >= 0.6 is 0 Å². The van der Waals surface area contributed by atoms with E-state index in [4.69, 9.17) is 4.74 Å². The molecule has 1 N–H and O–H groups in total. The van der Waals surface area contributed by atoms with Gasteiger partial charge in [0.15, 0.2) is 0 Å². The predicted molar refractivity (Wildman–Crippen MR) is 89.8 cm³/mol. The Morgan fingerprint density at radius 3 is 3.12 bits per heavy atom. The number of pyridine rings is 1. The Balaban J connectivity index is 1.54. The van der Waals surface area contributed by atoms with E-state index in [1.165, 1.54) is 18.2 Å². The lowest BCUT2D eigenvalue weighted by molar-refractivity contribution is -0.0336. The molecule has 2 aliphatic heterocycles. The average molecular weight is 341 g/mol. The molecule has 0 spiro atoms. The van der Waals surface area contributed by atoms with Gasteiger partial charge in [0.1, 0.15) is 17.6 Å². The first kappa shape index (κ1) is 15.0. The van der Waals surface area contributed by atoms with Crippen LogP contribution in [0.2, 0.25) is 0 Å². The number of ether oxygens (including phenoxy) is 1. The molecule has 5 rings (SSSR count). The van der Waals surface area contributed by atoms with E-state index in [0.717, 1.165) is 43.8 Å². The summed E-state index contributed by atoms with van der Waals surface area (Å²) in [7, 11) is 0. The lowest BCUT2D eigenvalue weighted by Gasteiger charge is -2.28. The van der Waals surface area contributed by atoms with Gasteiger partial charge < -0.3 is 14.6 Å². The first-order valence-corrected chi connectivity index (χ1v) is 8.85. The second kappa shape index (κ2) is 5.93. The Labute approximate surface area is 144 Å². The number of rotatable bonds is 2. The van der Waals surface area contributed by atoms with Gasteiger partial charge in [0.2, 0.25) is 0 Å². The number of aromatic nitrogens is 4. The van der Waals surface area contributed by atoms with Crippen LogP contribution in [0.3, 0.4) is 0 Å². The highest BCUT2D eigenvalue weighted by Crippen LogP contribution is 2.32. The molecule has 0 bridgehead atoms. The van der Waals surface area contributed by atoms with Gasteiger partial charge >= 0.3 is 0 Å². The SMILES string of the molecule is Fc1cccn2nc(C3NCCc4c3ncn4C3CCCCO3)cc12. The van der Waals surface area contributed by atoms with Crippen LogP contribution in [-0.2, 0) is 11.2 Å². The molecule has 0 aromatic carbocycles. The molecule has 0 aliphatic carbocycles. The van der Waals surface area contributed by atoms with Gasteiger partial charge in [-0.2, -0.15) is 5.10 Å². The van der Waals surface area contributed by atoms with Crippen LogP contribution in [0.1, 0.15) is 48.6 Å². The molecule has 2 unspecified atom stereocenters. The maximum Gasteiger partial charge on any atom is 0.148 e. The maximum atomic E-state index is 14.0. The normalized spacial score (nSPS) is 23.7. The molecule has 0 radical (unpaired) electrons. The van der Waals surface area contributed by atoms with E-state index in [-0.39, 0.29) is 18.1 Å². The van der Waals surface area contributed by atoms with Crippen LogP contribution in [0, 0.1) is 5.82 Å². The Bertz CT molecular complexity index is 911. The van der Waals surface area contributed by atoms with Gasteiger partial charge in [0, 0.05) is 31.5 Å². The maximum absolute atomic E-state index is 14.0. The fraction of sp³-hybridized carbons (Fsp3) is 0.444. The topological polar surface area (TPSA) is 56.4 Å². The van der Waals surface area contributed by atoms with E-state index >= 15 is 0 Å². The first-order valence-electron chi connectivity index (χ1n) is 8.85. The fourth-order valence-electron chi connectivity index (χ4n) is 3.91. The minimum Gasteiger partial charge on any atom is -0.358 e. The van der Waals surface area contributed by atoms with Crippen LogP contribution in [0.5, 0.6) is 0 Å². The van der Waals surface area contributed by atoms with Crippen molar-refractivity contribution in [3.63, 3.8) is 0 Å². The largest absolute Gasteiger partial charge is 0.358 e. The van der Waals surface area contributed by atoms with E-state index in [2.05, 4.69) is 20.0 Å². The Morgan fingerprint density at radius 1 is 1.32 bits per heavy atom. The van der Waals surface area contributed by atoms with Gasteiger partial charge in [-0.25, -0.2) is 13.9 Å². The summed E-state index contributed by atoms with van der Waals surface area (Å²) in [6.07, 6.45) is 7.99. The lowest BCUT2D eigenvalue weighted by Crippen LogP contribution is -2.32. The summed E-state index contributed by atoms with van der Waals surface area (Å²) in [4.78, 5) is 4.66. The van der Waals surface area contributed by atoms with Crippen molar-refractivity contribution in [3.8, 4) is 0 Å². The van der Waals surface area contributed by atoms with Crippen molar-refractivity contribution in [3.05, 3.63) is 53.6 Å². The van der Waals surface area contributed by atoms with E-state index in [0.29, 0.717) is 5.52 Å². The Kier molecular flexibility index (Phi) is 3.57. The van der Waals surface area contributed by atoms with Crippen molar-refractivity contribution in [2.24, 2.45) is 0 Å². The molecule has 1 fully saturated rings. The zero-order valence-corrected chi connectivity index (χ0v) is 13.9. The number of halogens is 1. The van der Waals surface area contributed by atoms with Crippen molar-refractivity contribution >= 4 is 5.52 Å². The summed E-state index contributed by atoms with van der Waals surface area (Å²) in [6.45, 7) is 1.65. The second-order valence-corrected chi connectivity index (χ2v) is 6.70. The third kappa shape index (κ3) is 2.46. The molecular weight excluding hydrogens is 321 g/mol. The Morgan fingerprint density at radius 2 is 2.28 bits per heavy atom. The number of imidazole rings is 1. The number of hydrogen-bond acceptors (Lipinski definition) is 4. The molecule has 3 aromatic heterocycles. The predicted octanol–water partition coefficient (Wildman–Crippen LogP) is 2.60. The molecule has 25 heavy (non-hydrogen) atoms. The molecule has 7 heteroatoms. The van der Waals surface area contributed by atoms with Crippen molar-refractivity contribution < 1.29 is 9.13 Å². The molecule has 130 valence electrons. The molecule has 6 nitrogen and oxygen atoms in total. The van der Waals surface area contributed by atoms with E-state index in [1.807, 2.05) is 6.33 Å². The molecule has 2 aliphatic rings. The quantitative estimate of drug-likeness (QED) is 0.778. The van der Waals surface area contributed by atoms with Gasteiger partial charge in [-0.15, -0.1) is 0 Å². The van der Waals surface area contributed by atoms with Crippen molar-refractivity contribution in [1.29, 1.82) is 0 Å². The number of fused-ring (bicyclic) bond motifs is 2. The van der Waals surface area contributed by atoms with Crippen molar-refractivity contribution in [2.45, 2.75) is 38.0 Å². The minimum atomic E-state index is -0.265. The fourth-order valence-corrected chi connectivity index (χ4v) is 3.91. The van der Waals surface area contributed by atoms with Gasteiger partial charge in [0.05, 0.1) is 23.8 Å². The molecule has 3 aromatic rings. The summed E-state index contributed by atoms with van der Waals surface area (Å²) in [5, 5.41) is 8.02. The highest BCUT2D eigenvalue weighted by molar-refractivity contribution is 5.50. The third-order valence-electron chi connectivity index (χ3n) is 5.14. The molecule has 5 heterocycles. The van der Waals surface area contributed by atoms with Gasteiger partial charge in [-0.05, 0) is 37.5 Å². The number of hydrogen-bond donors (Lipinski definition) is 1. The number of nitrogens with zero attached hydrogens (tertiary/aromatic N) is 4. The summed E-state index contributed by atoms with van der Waals surface area (Å²) in [5.74, 6) is -0.265. The van der Waals surface area contributed by atoms with E-state index in [1.54, 1.807) is 22.8 Å². The van der Waals surface area contributed by atoms with Crippen LogP contribution in [0.15, 0.2) is 30.7 Å². The molecule has 2 atom stereocenters. The van der Waals surface area contributed by atoms with E-state index in [9.17, 15) is 4.39 Å². The summed E-state index contributed by atoms with van der Waals surface area (Å²) < 4.78 is 23.7. The number of nitrogens with one attached hydrogen (secondary N) is 1. The monoisotopic (exact) mass is 341 g/mol. The molecule has 0 amide bonds. The van der Waals surface area contributed by atoms with Crippen molar-refractivity contribution in [2.75, 3.05) is 13.2 Å². The zero-order valence-electron chi connectivity index (χ0n) is 13.9. The summed E-state index contributed by atoms with van der Waals surface area (Å²) in [5.41, 5.74) is 3.46. The first-order chi connectivity index (χ1) is 12.3. The second-order valence-electron chi connectivity index (χ2n) is 6.70. The molecule has 1 saturated heterocycles. The standard InChI is InChI=1S/C18H20FN5O/c19-12-4-3-8-24-15(12)10-13(22-24)17-18-14(6-7-20-17)23(11-21-18)16-5-1-2-9-25-16/h3-4,8,10-11,16-17,20H,1-2,5-7,9H2. The van der Waals surface area contributed by atoms with Crippen LogP contribution in [-0.4, -0.2) is 32.3 Å². The highest BCUT2D eigenvalue weighted by atomic mass is 19.1. The third-order valence-corrected chi connectivity index (χ3v) is 5.14. The van der Waals surface area contributed by atoms with Crippen molar-refractivity contribution in [1.82, 2.24) is 24.5 Å². The van der Waals surface area contributed by atoms with Crippen LogP contribution in [0.25, 0.3) is 5.52 Å². The zero-order chi connectivity index (χ0) is 16.8. The highest BCUT2D eigenvalue weighted by Gasteiger charge is 2.30. The smallest absolute Gasteiger partial charge is 0.148 e.